The van der Waals surface area contributed by atoms with Crippen LogP contribution in [0.25, 0.3) is 0 Å². The molecule has 1 unspecified atom stereocenters. The maximum absolute atomic E-state index is 11.2. The normalized spacial score (nSPS) is 14.9. The van der Waals surface area contributed by atoms with E-state index < -0.39 is 11.4 Å². The monoisotopic (exact) mass is 246 g/mol. The summed E-state index contributed by atoms with van der Waals surface area (Å²) in [5.74, 6) is -0.836. The summed E-state index contributed by atoms with van der Waals surface area (Å²) < 4.78 is 0. The van der Waals surface area contributed by atoms with Gasteiger partial charge >= 0.3 is 5.97 Å². The van der Waals surface area contributed by atoms with Crippen molar-refractivity contribution in [3.8, 4) is 0 Å². The van der Waals surface area contributed by atoms with Crippen LogP contribution in [0.4, 0.5) is 0 Å². The number of hydrogen-bond acceptors (Lipinski definition) is 1. The molecule has 0 aliphatic heterocycles. The van der Waals surface area contributed by atoms with Crippen LogP contribution in [0.1, 0.15) is 38.8 Å². The Hall–Kier alpha value is -1.57. The Morgan fingerprint density at radius 1 is 1.22 bits per heavy atom. The molecule has 98 valence electrons. The smallest absolute Gasteiger partial charge is 0.313 e. The first-order chi connectivity index (χ1) is 8.19. The van der Waals surface area contributed by atoms with Gasteiger partial charge in [0.15, 0.2) is 0 Å². The number of carboxylic acids is 1. The third kappa shape index (κ3) is 3.22. The summed E-state index contributed by atoms with van der Waals surface area (Å²) in [6.07, 6.45) is 1.98. The summed E-state index contributed by atoms with van der Waals surface area (Å²) in [5.41, 5.74) is 1.49. The molecule has 1 rings (SSSR count). The highest BCUT2D eigenvalue weighted by Crippen LogP contribution is 2.27. The second kappa shape index (κ2) is 4.97. The molecule has 1 atom stereocenters. The molecule has 1 aromatic carbocycles. The van der Waals surface area contributed by atoms with Crippen molar-refractivity contribution < 1.29 is 9.90 Å². The van der Waals surface area contributed by atoms with Crippen LogP contribution in [-0.2, 0) is 16.6 Å². The van der Waals surface area contributed by atoms with Gasteiger partial charge in [-0.15, -0.1) is 6.58 Å². The van der Waals surface area contributed by atoms with Crippen molar-refractivity contribution in [3.63, 3.8) is 0 Å². The highest BCUT2D eigenvalue weighted by atomic mass is 16.4. The van der Waals surface area contributed by atoms with Gasteiger partial charge in [0.1, 0.15) is 0 Å². The van der Waals surface area contributed by atoms with E-state index in [1.807, 2.05) is 12.1 Å². The van der Waals surface area contributed by atoms with Gasteiger partial charge in [-0.05, 0) is 29.9 Å². The quantitative estimate of drug-likeness (QED) is 0.820. The predicted octanol–water partition coefficient (Wildman–Crippen LogP) is 3.80. The highest BCUT2D eigenvalue weighted by Gasteiger charge is 2.29. The fraction of sp³-hybridized carbons (Fsp3) is 0.438. The summed E-state index contributed by atoms with van der Waals surface area (Å²) in [6, 6.07) is 8.15. The summed E-state index contributed by atoms with van der Waals surface area (Å²) in [4.78, 5) is 11.2. The fourth-order valence-electron chi connectivity index (χ4n) is 1.78. The van der Waals surface area contributed by atoms with Crippen molar-refractivity contribution in [1.82, 2.24) is 0 Å². The number of benzene rings is 1. The minimum atomic E-state index is -0.900. The maximum atomic E-state index is 11.2. The van der Waals surface area contributed by atoms with Crippen molar-refractivity contribution in [2.75, 3.05) is 0 Å². The number of aliphatic carboxylic acids is 1. The predicted molar refractivity (Wildman–Crippen MR) is 74.8 cm³/mol. The Morgan fingerprint density at radius 2 is 1.72 bits per heavy atom. The second-order valence-corrected chi connectivity index (χ2v) is 6.05. The summed E-state index contributed by atoms with van der Waals surface area (Å²) >= 11 is 0. The molecule has 1 aromatic rings. The van der Waals surface area contributed by atoms with Gasteiger partial charge in [0.05, 0.1) is 5.41 Å². The number of carboxylic acid groups (broad SMARTS) is 1. The van der Waals surface area contributed by atoms with Gasteiger partial charge in [0.25, 0.3) is 0 Å². The molecule has 0 radical (unpaired) electrons. The molecule has 0 spiro atoms. The molecule has 0 aromatic heterocycles. The lowest BCUT2D eigenvalue weighted by Crippen LogP contribution is -2.27. The van der Waals surface area contributed by atoms with Crippen molar-refractivity contribution in [2.45, 2.75) is 39.5 Å². The molecular formula is C16H22O2. The summed E-state index contributed by atoms with van der Waals surface area (Å²) in [7, 11) is 0. The molecular weight excluding hydrogens is 224 g/mol. The van der Waals surface area contributed by atoms with Gasteiger partial charge in [-0.25, -0.2) is 0 Å². The van der Waals surface area contributed by atoms with E-state index in [0.29, 0.717) is 6.42 Å². The van der Waals surface area contributed by atoms with E-state index >= 15 is 0 Å². The largest absolute Gasteiger partial charge is 0.481 e. The van der Waals surface area contributed by atoms with Crippen molar-refractivity contribution in [2.24, 2.45) is 5.41 Å². The molecule has 0 bridgehead atoms. The summed E-state index contributed by atoms with van der Waals surface area (Å²) in [6.45, 7) is 11.8. The molecule has 0 saturated carbocycles. The number of rotatable bonds is 4. The van der Waals surface area contributed by atoms with E-state index in [4.69, 9.17) is 0 Å². The standard InChI is InChI=1S/C16H22O2/c1-6-16(5,14(17)18)11-12-7-9-13(10-8-12)15(2,3)4/h6-10H,1,11H2,2-5H3,(H,17,18). The zero-order valence-corrected chi connectivity index (χ0v) is 11.7. The fourth-order valence-corrected chi connectivity index (χ4v) is 1.78. The Balaban J connectivity index is 2.94. The molecule has 1 N–H and O–H groups in total. The third-order valence-corrected chi connectivity index (χ3v) is 3.33. The van der Waals surface area contributed by atoms with Crippen LogP contribution < -0.4 is 0 Å². The van der Waals surface area contributed by atoms with Crippen LogP contribution >= 0.6 is 0 Å². The minimum absolute atomic E-state index is 0.118. The molecule has 0 saturated heterocycles. The van der Waals surface area contributed by atoms with E-state index in [0.717, 1.165) is 5.56 Å². The molecule has 0 heterocycles. The first kappa shape index (κ1) is 14.5. The van der Waals surface area contributed by atoms with Crippen LogP contribution in [0.5, 0.6) is 0 Å². The molecule has 0 aliphatic rings. The molecule has 2 nitrogen and oxygen atoms in total. The third-order valence-electron chi connectivity index (χ3n) is 3.33. The van der Waals surface area contributed by atoms with Crippen LogP contribution in [-0.4, -0.2) is 11.1 Å². The zero-order valence-electron chi connectivity index (χ0n) is 11.7. The van der Waals surface area contributed by atoms with Crippen molar-refractivity contribution in [3.05, 3.63) is 48.0 Å². The van der Waals surface area contributed by atoms with Gasteiger partial charge in [0.2, 0.25) is 0 Å². The minimum Gasteiger partial charge on any atom is -0.481 e. The molecule has 2 heteroatoms. The van der Waals surface area contributed by atoms with Crippen LogP contribution in [0.2, 0.25) is 0 Å². The van der Waals surface area contributed by atoms with Crippen LogP contribution in [0, 0.1) is 5.41 Å². The topological polar surface area (TPSA) is 37.3 Å². The van der Waals surface area contributed by atoms with Gasteiger partial charge in [-0.3, -0.25) is 4.79 Å². The Morgan fingerprint density at radius 3 is 2.06 bits per heavy atom. The van der Waals surface area contributed by atoms with Crippen molar-refractivity contribution in [1.29, 1.82) is 0 Å². The van der Waals surface area contributed by atoms with Crippen LogP contribution in [0.15, 0.2) is 36.9 Å². The summed E-state index contributed by atoms with van der Waals surface area (Å²) in [5, 5.41) is 9.21. The number of carbonyl (C=O) groups is 1. The SMILES string of the molecule is C=CC(C)(Cc1ccc(C(C)(C)C)cc1)C(=O)O. The van der Waals surface area contributed by atoms with E-state index in [1.165, 1.54) is 11.6 Å². The van der Waals surface area contributed by atoms with Crippen molar-refractivity contribution >= 4 is 5.97 Å². The molecule has 0 aliphatic carbocycles. The Kier molecular flexibility index (Phi) is 4.00. The lowest BCUT2D eigenvalue weighted by molar-refractivity contribution is -0.145. The molecule has 0 fully saturated rings. The lowest BCUT2D eigenvalue weighted by Gasteiger charge is -2.22. The zero-order chi connectivity index (χ0) is 14.0. The molecule has 18 heavy (non-hydrogen) atoms. The second-order valence-electron chi connectivity index (χ2n) is 6.05. The Bertz CT molecular complexity index is 437. The Labute approximate surface area is 109 Å². The van der Waals surface area contributed by atoms with Gasteiger partial charge in [0, 0.05) is 0 Å². The van der Waals surface area contributed by atoms with Gasteiger partial charge in [-0.2, -0.15) is 0 Å². The van der Waals surface area contributed by atoms with Gasteiger partial charge < -0.3 is 5.11 Å². The lowest BCUT2D eigenvalue weighted by atomic mass is 9.82. The van der Waals surface area contributed by atoms with Gasteiger partial charge in [-0.1, -0.05) is 51.1 Å². The number of hydrogen-bond donors (Lipinski definition) is 1. The van der Waals surface area contributed by atoms with E-state index in [-0.39, 0.29) is 5.41 Å². The average molecular weight is 246 g/mol. The first-order valence-electron chi connectivity index (χ1n) is 6.15. The average Bonchev–Trinajstić information content (AvgIpc) is 2.28. The maximum Gasteiger partial charge on any atom is 0.313 e. The van der Waals surface area contributed by atoms with E-state index in [9.17, 15) is 9.90 Å². The molecule has 0 amide bonds. The highest BCUT2D eigenvalue weighted by molar-refractivity contribution is 5.76. The first-order valence-corrected chi connectivity index (χ1v) is 6.15. The van der Waals surface area contributed by atoms with Crippen LogP contribution in [0.3, 0.4) is 0 Å². The van der Waals surface area contributed by atoms with E-state index in [2.05, 4.69) is 39.5 Å². The van der Waals surface area contributed by atoms with E-state index in [1.54, 1.807) is 6.92 Å².